The molecule has 0 bridgehead atoms. The Kier molecular flexibility index (Phi) is 41.0. The van der Waals surface area contributed by atoms with Crippen molar-refractivity contribution in [3.63, 3.8) is 0 Å². The van der Waals surface area contributed by atoms with E-state index in [2.05, 4.69) is 25.3 Å². The van der Waals surface area contributed by atoms with Gasteiger partial charge >= 0.3 is 0 Å². The van der Waals surface area contributed by atoms with Crippen molar-refractivity contribution in [1.29, 1.82) is 0 Å². The Labute approximate surface area is 129 Å². The highest BCUT2D eigenvalue weighted by Crippen LogP contribution is 2.13. The van der Waals surface area contributed by atoms with Gasteiger partial charge in [0.2, 0.25) is 0 Å². The van der Waals surface area contributed by atoms with Crippen LogP contribution in [0.3, 0.4) is 0 Å². The van der Waals surface area contributed by atoms with Crippen LogP contribution in [0, 0.1) is 0 Å². The molecule has 0 aliphatic rings. The fraction of sp³-hybridized carbons (Fsp3) is 0.400. The van der Waals surface area contributed by atoms with Crippen LogP contribution in [-0.2, 0) is 0 Å². The van der Waals surface area contributed by atoms with Gasteiger partial charge in [-0.25, -0.2) is 0 Å². The summed E-state index contributed by atoms with van der Waals surface area (Å²) in [6.07, 6.45) is 15.7. The first-order chi connectivity index (χ1) is 9.79. The Morgan fingerprint density at radius 3 is 1.00 bits per heavy atom. The lowest BCUT2D eigenvalue weighted by Gasteiger charge is -2.01. The minimum atomic E-state index is 1.14. The Hall–Kier alpha value is -1.56. The average Bonchev–Trinajstić information content (AvgIpc) is 2.53. The summed E-state index contributed by atoms with van der Waals surface area (Å²) >= 11 is 0. The van der Waals surface area contributed by atoms with Crippen LogP contribution in [0.4, 0.5) is 0 Å². The van der Waals surface area contributed by atoms with Gasteiger partial charge in [0, 0.05) is 0 Å². The molecule has 0 atom stereocenters. The zero-order chi connectivity index (χ0) is 16.8. The van der Waals surface area contributed by atoms with E-state index in [1.165, 1.54) is 0 Å². The molecule has 0 spiro atoms. The van der Waals surface area contributed by atoms with Gasteiger partial charge in [-0.05, 0) is 25.0 Å². The van der Waals surface area contributed by atoms with Crippen LogP contribution in [0.1, 0.15) is 55.4 Å². The second-order valence-corrected chi connectivity index (χ2v) is 2.72. The standard InChI is InChI=1S/C14H18.3C2H6/c1-5-9-13(10-6-2)14(11-7-3)12-8-4;3*1-2/h5-12H,1,3H2,2,4H3;3*1-2H3/b10-6-,12-8-,13-9+,14-11+;;;. The largest absolute Gasteiger partial charge is 0.0990 e. The van der Waals surface area contributed by atoms with Crippen LogP contribution in [-0.4, -0.2) is 0 Å². The molecule has 0 nitrogen and oxygen atoms in total. The minimum absolute atomic E-state index is 1.14. The summed E-state index contributed by atoms with van der Waals surface area (Å²) in [5, 5.41) is 0. The lowest BCUT2D eigenvalue weighted by molar-refractivity contribution is 1.50. The zero-order valence-electron chi connectivity index (χ0n) is 15.0. The maximum Gasteiger partial charge on any atom is -0.0188 e. The molecule has 0 amide bonds. The van der Waals surface area contributed by atoms with Gasteiger partial charge in [-0.15, -0.1) is 0 Å². The van der Waals surface area contributed by atoms with Crippen molar-refractivity contribution in [3.05, 3.63) is 72.9 Å². The van der Waals surface area contributed by atoms with Gasteiger partial charge in [-0.1, -0.05) is 103 Å². The molecule has 0 aromatic heterocycles. The second-order valence-electron chi connectivity index (χ2n) is 2.72. The maximum absolute atomic E-state index is 3.70. The highest BCUT2D eigenvalue weighted by atomic mass is 14.0. The van der Waals surface area contributed by atoms with Gasteiger partial charge in [0.15, 0.2) is 0 Å². The fourth-order valence-electron chi connectivity index (χ4n) is 1.11. The lowest BCUT2D eigenvalue weighted by atomic mass is 10.0. The van der Waals surface area contributed by atoms with E-state index in [-0.39, 0.29) is 0 Å². The van der Waals surface area contributed by atoms with E-state index in [9.17, 15) is 0 Å². The van der Waals surface area contributed by atoms with Gasteiger partial charge in [0.05, 0.1) is 0 Å². The van der Waals surface area contributed by atoms with Crippen LogP contribution in [0.15, 0.2) is 72.9 Å². The molecule has 0 radical (unpaired) electrons. The Morgan fingerprint density at radius 1 is 0.600 bits per heavy atom. The molecule has 0 heterocycles. The number of hydrogen-bond donors (Lipinski definition) is 0. The molecular weight excluding hydrogens is 240 g/mol. The molecule has 0 heteroatoms. The van der Waals surface area contributed by atoms with Gasteiger partial charge < -0.3 is 0 Å². The van der Waals surface area contributed by atoms with E-state index in [0.29, 0.717) is 0 Å². The van der Waals surface area contributed by atoms with Crippen molar-refractivity contribution in [2.24, 2.45) is 0 Å². The van der Waals surface area contributed by atoms with Gasteiger partial charge in [-0.3, -0.25) is 0 Å². The third kappa shape index (κ3) is 18.8. The first-order valence-electron chi connectivity index (χ1n) is 7.71. The average molecular weight is 277 g/mol. The van der Waals surface area contributed by atoms with E-state index in [0.717, 1.165) is 11.1 Å². The topological polar surface area (TPSA) is 0 Å². The van der Waals surface area contributed by atoms with Gasteiger partial charge in [0.25, 0.3) is 0 Å². The minimum Gasteiger partial charge on any atom is -0.0990 e. The van der Waals surface area contributed by atoms with E-state index in [4.69, 9.17) is 0 Å². The molecule has 0 aromatic carbocycles. The third-order valence-corrected chi connectivity index (χ3v) is 1.62. The molecule has 0 N–H and O–H groups in total. The quantitative estimate of drug-likeness (QED) is 0.458. The van der Waals surface area contributed by atoms with Crippen molar-refractivity contribution >= 4 is 0 Å². The molecule has 0 saturated carbocycles. The summed E-state index contributed by atoms with van der Waals surface area (Å²) in [7, 11) is 0. The molecule has 0 saturated heterocycles. The Balaban J connectivity index is -0.000000187. The van der Waals surface area contributed by atoms with Crippen molar-refractivity contribution in [2.45, 2.75) is 55.4 Å². The summed E-state index contributed by atoms with van der Waals surface area (Å²) in [6, 6.07) is 0. The maximum atomic E-state index is 3.70. The lowest BCUT2D eigenvalue weighted by Crippen LogP contribution is -1.82. The number of rotatable bonds is 5. The van der Waals surface area contributed by atoms with Gasteiger partial charge in [-0.2, -0.15) is 0 Å². The molecule has 20 heavy (non-hydrogen) atoms. The third-order valence-electron chi connectivity index (χ3n) is 1.62. The normalized spacial score (nSPS) is 10.6. The number of hydrogen-bond acceptors (Lipinski definition) is 0. The van der Waals surface area contributed by atoms with Crippen LogP contribution in [0.25, 0.3) is 0 Å². The first-order valence-corrected chi connectivity index (χ1v) is 7.71. The fourth-order valence-corrected chi connectivity index (χ4v) is 1.11. The monoisotopic (exact) mass is 276 g/mol. The molecular formula is C20H36. The highest BCUT2D eigenvalue weighted by molar-refractivity contribution is 5.48. The molecule has 0 rings (SSSR count). The highest BCUT2D eigenvalue weighted by Gasteiger charge is 1.94. The molecule has 116 valence electrons. The van der Waals surface area contributed by atoms with Crippen molar-refractivity contribution in [2.75, 3.05) is 0 Å². The first kappa shape index (κ1) is 26.9. The van der Waals surface area contributed by atoms with Crippen LogP contribution >= 0.6 is 0 Å². The summed E-state index contributed by atoms with van der Waals surface area (Å²) in [6.45, 7) is 23.4. The van der Waals surface area contributed by atoms with Crippen LogP contribution in [0.5, 0.6) is 0 Å². The summed E-state index contributed by atoms with van der Waals surface area (Å²) < 4.78 is 0. The Bertz CT molecular complexity index is 264. The smallest absolute Gasteiger partial charge is 0.0188 e. The predicted octanol–water partition coefficient (Wildman–Crippen LogP) is 7.44. The summed E-state index contributed by atoms with van der Waals surface area (Å²) in [4.78, 5) is 0. The number of allylic oxidation sites excluding steroid dienone is 10. The van der Waals surface area contributed by atoms with Crippen molar-refractivity contribution in [3.8, 4) is 0 Å². The SMILES string of the molecule is C=C/C=C(\C=C/C)C(/C=C\C)=C/C=C.CC.CC.CC. The van der Waals surface area contributed by atoms with Crippen molar-refractivity contribution in [1.82, 2.24) is 0 Å². The molecule has 0 aromatic rings. The van der Waals surface area contributed by atoms with E-state index >= 15 is 0 Å². The second kappa shape index (κ2) is 30.5. The predicted molar refractivity (Wildman–Crippen MR) is 100 cm³/mol. The zero-order valence-corrected chi connectivity index (χ0v) is 15.0. The summed E-state index contributed by atoms with van der Waals surface area (Å²) in [5.74, 6) is 0. The van der Waals surface area contributed by atoms with E-state index < -0.39 is 0 Å². The van der Waals surface area contributed by atoms with E-state index in [1.54, 1.807) is 12.2 Å². The molecule has 0 fully saturated rings. The van der Waals surface area contributed by atoms with Gasteiger partial charge in [0.1, 0.15) is 0 Å². The summed E-state index contributed by atoms with van der Waals surface area (Å²) in [5.41, 5.74) is 2.28. The van der Waals surface area contributed by atoms with E-state index in [1.807, 2.05) is 79.7 Å². The Morgan fingerprint density at radius 2 is 0.850 bits per heavy atom. The molecule has 0 aliphatic carbocycles. The van der Waals surface area contributed by atoms with Crippen molar-refractivity contribution < 1.29 is 0 Å². The van der Waals surface area contributed by atoms with Crippen LogP contribution in [0.2, 0.25) is 0 Å². The van der Waals surface area contributed by atoms with Crippen LogP contribution < -0.4 is 0 Å². The molecule has 0 unspecified atom stereocenters. The molecule has 0 aliphatic heterocycles.